The van der Waals surface area contributed by atoms with Crippen molar-refractivity contribution in [3.05, 3.63) is 28.3 Å². The molecule has 2 atom stereocenters. The summed E-state index contributed by atoms with van der Waals surface area (Å²) >= 11 is 0. The average Bonchev–Trinajstić information content (AvgIpc) is 2.91. The molecule has 0 aromatic heterocycles. The van der Waals surface area contributed by atoms with E-state index >= 15 is 0 Å². The number of hydrogen-bond acceptors (Lipinski definition) is 5. The first-order valence-electron chi connectivity index (χ1n) is 6.93. The van der Waals surface area contributed by atoms with Crippen LogP contribution < -0.4 is 16.0 Å². The summed E-state index contributed by atoms with van der Waals surface area (Å²) in [6, 6.07) is 5.05. The van der Waals surface area contributed by atoms with Crippen LogP contribution in [0.4, 0.5) is 17.1 Å². The van der Waals surface area contributed by atoms with E-state index in [1.165, 1.54) is 6.07 Å². The predicted molar refractivity (Wildman–Crippen MR) is 78.8 cm³/mol. The molecule has 2 fully saturated rings. The summed E-state index contributed by atoms with van der Waals surface area (Å²) in [5, 5.41) is 14.3. The fourth-order valence-electron chi connectivity index (χ4n) is 3.74. The molecule has 3 rings (SSSR count). The monoisotopic (exact) mass is 276 g/mol. The van der Waals surface area contributed by atoms with E-state index < -0.39 is 4.92 Å². The highest BCUT2D eigenvalue weighted by molar-refractivity contribution is 5.67. The molecular formula is C14H20N4O2. The van der Waals surface area contributed by atoms with E-state index in [9.17, 15) is 10.1 Å². The van der Waals surface area contributed by atoms with Gasteiger partial charge in [0, 0.05) is 36.9 Å². The number of hydrogen-bond donors (Lipinski definition) is 2. The molecule has 6 heteroatoms. The van der Waals surface area contributed by atoms with Gasteiger partial charge in [0.15, 0.2) is 0 Å². The number of nitrogens with zero attached hydrogens (tertiary/aromatic N) is 2. The number of nitro groups is 1. The largest absolute Gasteiger partial charge is 0.393 e. The van der Waals surface area contributed by atoms with Gasteiger partial charge in [0.25, 0.3) is 5.69 Å². The van der Waals surface area contributed by atoms with Crippen molar-refractivity contribution in [3.8, 4) is 0 Å². The maximum absolute atomic E-state index is 10.8. The highest BCUT2D eigenvalue weighted by Gasteiger charge is 2.49. The average molecular weight is 276 g/mol. The number of benzene rings is 1. The third-order valence-corrected chi connectivity index (χ3v) is 4.88. The van der Waals surface area contributed by atoms with Gasteiger partial charge in [-0.25, -0.2) is 0 Å². The Kier molecular flexibility index (Phi) is 2.86. The summed E-state index contributed by atoms with van der Waals surface area (Å²) in [6.07, 6.45) is 0. The lowest BCUT2D eigenvalue weighted by Crippen LogP contribution is -2.44. The van der Waals surface area contributed by atoms with Gasteiger partial charge in [0.2, 0.25) is 0 Å². The summed E-state index contributed by atoms with van der Waals surface area (Å²) in [5.41, 5.74) is 7.05. The van der Waals surface area contributed by atoms with Gasteiger partial charge in [-0.1, -0.05) is 0 Å². The number of nitro benzene ring substituents is 1. The van der Waals surface area contributed by atoms with E-state index in [2.05, 4.69) is 24.1 Å². The number of nitrogens with two attached hydrogens (primary N) is 1. The maximum Gasteiger partial charge on any atom is 0.292 e. The molecule has 0 saturated carbocycles. The van der Waals surface area contributed by atoms with Crippen LogP contribution in [0.3, 0.4) is 0 Å². The Labute approximate surface area is 118 Å². The van der Waals surface area contributed by atoms with Crippen molar-refractivity contribution in [1.82, 2.24) is 5.32 Å². The molecule has 2 unspecified atom stereocenters. The first kappa shape index (κ1) is 13.2. The van der Waals surface area contributed by atoms with E-state index in [0.717, 1.165) is 25.3 Å². The first-order valence-corrected chi connectivity index (χ1v) is 6.93. The van der Waals surface area contributed by atoms with E-state index in [-0.39, 0.29) is 16.9 Å². The van der Waals surface area contributed by atoms with Gasteiger partial charge in [-0.05, 0) is 37.8 Å². The SMILES string of the molecule is CC1(C)C2CNCC2CN1c1ccc([N+](=O)[O-])c(N)c1. The lowest BCUT2D eigenvalue weighted by atomic mass is 9.84. The van der Waals surface area contributed by atoms with Crippen LogP contribution in [0, 0.1) is 22.0 Å². The van der Waals surface area contributed by atoms with Gasteiger partial charge < -0.3 is 16.0 Å². The van der Waals surface area contributed by atoms with Gasteiger partial charge in [0.1, 0.15) is 5.69 Å². The van der Waals surface area contributed by atoms with E-state index in [1.807, 2.05) is 6.07 Å². The minimum absolute atomic E-state index is 0.0207. The molecule has 0 radical (unpaired) electrons. The summed E-state index contributed by atoms with van der Waals surface area (Å²) in [5.74, 6) is 1.25. The maximum atomic E-state index is 10.8. The molecule has 1 aromatic carbocycles. The number of anilines is 2. The lowest BCUT2D eigenvalue weighted by molar-refractivity contribution is -0.383. The number of rotatable bonds is 2. The van der Waals surface area contributed by atoms with Crippen molar-refractivity contribution >= 4 is 17.1 Å². The second kappa shape index (κ2) is 4.34. The second-order valence-corrected chi connectivity index (χ2v) is 6.29. The van der Waals surface area contributed by atoms with Crippen LogP contribution in [-0.4, -0.2) is 30.1 Å². The third kappa shape index (κ3) is 1.83. The van der Waals surface area contributed by atoms with Crippen molar-refractivity contribution in [3.63, 3.8) is 0 Å². The molecule has 2 aliphatic rings. The Hall–Kier alpha value is -1.82. The zero-order valence-corrected chi connectivity index (χ0v) is 11.8. The van der Waals surface area contributed by atoms with Crippen molar-refractivity contribution in [2.75, 3.05) is 30.3 Å². The molecule has 3 N–H and O–H groups in total. The molecule has 0 amide bonds. The van der Waals surface area contributed by atoms with Crippen molar-refractivity contribution < 1.29 is 4.92 Å². The molecule has 2 saturated heterocycles. The summed E-state index contributed by atoms with van der Waals surface area (Å²) in [6.45, 7) is 7.54. The molecule has 2 aliphatic heterocycles. The Morgan fingerprint density at radius 3 is 2.80 bits per heavy atom. The molecule has 20 heavy (non-hydrogen) atoms. The normalized spacial score (nSPS) is 27.6. The highest BCUT2D eigenvalue weighted by atomic mass is 16.6. The van der Waals surface area contributed by atoms with Gasteiger partial charge >= 0.3 is 0 Å². The van der Waals surface area contributed by atoms with E-state index in [4.69, 9.17) is 5.73 Å². The second-order valence-electron chi connectivity index (χ2n) is 6.29. The van der Waals surface area contributed by atoms with Crippen LogP contribution >= 0.6 is 0 Å². The number of fused-ring (bicyclic) bond motifs is 1. The zero-order valence-electron chi connectivity index (χ0n) is 11.8. The Bertz CT molecular complexity index is 558. The fourth-order valence-corrected chi connectivity index (χ4v) is 3.74. The highest BCUT2D eigenvalue weighted by Crippen LogP contribution is 2.44. The van der Waals surface area contributed by atoms with Crippen molar-refractivity contribution in [2.45, 2.75) is 19.4 Å². The van der Waals surface area contributed by atoms with Crippen LogP contribution in [0.15, 0.2) is 18.2 Å². The van der Waals surface area contributed by atoms with Crippen LogP contribution in [0.1, 0.15) is 13.8 Å². The van der Waals surface area contributed by atoms with Crippen LogP contribution in [0.25, 0.3) is 0 Å². The molecule has 0 aliphatic carbocycles. The van der Waals surface area contributed by atoms with E-state index in [1.54, 1.807) is 6.07 Å². The standard InChI is InChI=1S/C14H20N4O2/c1-14(2)11-7-16-6-9(11)8-17(14)10-3-4-13(18(19)20)12(15)5-10/h3-5,9,11,16H,6-8,15H2,1-2H3. The quantitative estimate of drug-likeness (QED) is 0.487. The Balaban J connectivity index is 1.94. The number of nitrogens with one attached hydrogen (secondary N) is 1. The third-order valence-electron chi connectivity index (χ3n) is 4.88. The molecule has 1 aromatic rings. The molecule has 0 spiro atoms. The molecular weight excluding hydrogens is 256 g/mol. The minimum atomic E-state index is -0.438. The van der Waals surface area contributed by atoms with Gasteiger partial charge in [-0.3, -0.25) is 10.1 Å². The van der Waals surface area contributed by atoms with E-state index in [0.29, 0.717) is 11.8 Å². The fraction of sp³-hybridized carbons (Fsp3) is 0.571. The molecule has 108 valence electrons. The van der Waals surface area contributed by atoms with Crippen molar-refractivity contribution in [1.29, 1.82) is 0 Å². The van der Waals surface area contributed by atoms with Crippen molar-refractivity contribution in [2.24, 2.45) is 11.8 Å². The van der Waals surface area contributed by atoms with Crippen LogP contribution in [-0.2, 0) is 0 Å². The number of nitrogen functional groups attached to an aromatic ring is 1. The van der Waals surface area contributed by atoms with Crippen LogP contribution in [0.2, 0.25) is 0 Å². The van der Waals surface area contributed by atoms with Crippen LogP contribution in [0.5, 0.6) is 0 Å². The smallest absolute Gasteiger partial charge is 0.292 e. The Morgan fingerprint density at radius 2 is 2.20 bits per heavy atom. The topological polar surface area (TPSA) is 84.4 Å². The first-order chi connectivity index (χ1) is 9.41. The van der Waals surface area contributed by atoms with Gasteiger partial charge in [-0.15, -0.1) is 0 Å². The zero-order chi connectivity index (χ0) is 14.5. The Morgan fingerprint density at radius 1 is 1.45 bits per heavy atom. The molecule has 2 heterocycles. The minimum Gasteiger partial charge on any atom is -0.393 e. The van der Waals surface area contributed by atoms with Gasteiger partial charge in [-0.2, -0.15) is 0 Å². The summed E-state index contributed by atoms with van der Waals surface area (Å²) < 4.78 is 0. The molecule has 6 nitrogen and oxygen atoms in total. The van der Waals surface area contributed by atoms with Gasteiger partial charge in [0.05, 0.1) is 4.92 Å². The lowest BCUT2D eigenvalue weighted by Gasteiger charge is -2.37. The molecule has 0 bridgehead atoms. The summed E-state index contributed by atoms with van der Waals surface area (Å²) in [7, 11) is 0. The summed E-state index contributed by atoms with van der Waals surface area (Å²) in [4.78, 5) is 12.7. The predicted octanol–water partition coefficient (Wildman–Crippen LogP) is 1.61.